The second-order valence-corrected chi connectivity index (χ2v) is 6.69. The van der Waals surface area contributed by atoms with Crippen LogP contribution >= 0.6 is 24.0 Å². The van der Waals surface area contributed by atoms with E-state index < -0.39 is 13.0 Å². The van der Waals surface area contributed by atoms with Crippen LogP contribution < -0.4 is 15.4 Å². The molecule has 1 saturated heterocycles. The molecule has 1 aromatic rings. The average Bonchev–Trinajstić information content (AvgIpc) is 2.72. The number of halogens is 3. The Bertz CT molecular complexity index is 588. The number of ether oxygens (including phenoxy) is 3. The maximum absolute atomic E-state index is 12.2. The van der Waals surface area contributed by atoms with Gasteiger partial charge >= 0.3 is 0 Å². The highest BCUT2D eigenvalue weighted by Crippen LogP contribution is 2.15. The van der Waals surface area contributed by atoms with Crippen molar-refractivity contribution in [2.24, 2.45) is 10.9 Å². The number of alkyl halides is 2. The van der Waals surface area contributed by atoms with Crippen LogP contribution in [0.5, 0.6) is 5.75 Å². The van der Waals surface area contributed by atoms with Gasteiger partial charge in [0, 0.05) is 46.6 Å². The van der Waals surface area contributed by atoms with Gasteiger partial charge in [-0.25, -0.2) is 8.78 Å². The minimum Gasteiger partial charge on any atom is -0.488 e. The van der Waals surface area contributed by atoms with E-state index in [4.69, 9.17) is 14.2 Å². The summed E-state index contributed by atoms with van der Waals surface area (Å²) in [4.78, 5) is 4.19. The fourth-order valence-corrected chi connectivity index (χ4v) is 2.85. The maximum atomic E-state index is 12.2. The molecule has 0 aliphatic carbocycles. The van der Waals surface area contributed by atoms with Crippen LogP contribution in [0.2, 0.25) is 0 Å². The average molecular weight is 527 g/mol. The summed E-state index contributed by atoms with van der Waals surface area (Å²) in [6, 6.07) is 7.09. The van der Waals surface area contributed by atoms with Gasteiger partial charge in [0.25, 0.3) is 6.43 Å². The van der Waals surface area contributed by atoms with Crippen LogP contribution in [0.25, 0.3) is 0 Å². The van der Waals surface area contributed by atoms with Crippen LogP contribution in [-0.2, 0) is 16.0 Å². The molecule has 0 saturated carbocycles. The van der Waals surface area contributed by atoms with E-state index in [9.17, 15) is 8.78 Å². The monoisotopic (exact) mass is 527 g/mol. The van der Waals surface area contributed by atoms with Crippen LogP contribution in [0, 0.1) is 5.92 Å². The van der Waals surface area contributed by atoms with Crippen LogP contribution in [0.15, 0.2) is 29.3 Å². The van der Waals surface area contributed by atoms with Gasteiger partial charge in [-0.1, -0.05) is 12.1 Å². The van der Waals surface area contributed by atoms with Crippen LogP contribution in [0.3, 0.4) is 0 Å². The number of benzene rings is 1. The van der Waals surface area contributed by atoms with Crippen LogP contribution in [-0.4, -0.2) is 59.0 Å². The first-order chi connectivity index (χ1) is 13.7. The number of aliphatic imine (C=N–C) groups is 1. The molecule has 1 aromatic carbocycles. The number of nitrogens with one attached hydrogen (secondary N) is 2. The van der Waals surface area contributed by atoms with E-state index in [-0.39, 0.29) is 24.0 Å². The molecule has 0 spiro atoms. The van der Waals surface area contributed by atoms with Gasteiger partial charge in [-0.05, 0) is 42.9 Å². The summed E-state index contributed by atoms with van der Waals surface area (Å²) in [5.74, 6) is 1.74. The number of hydrogen-bond donors (Lipinski definition) is 2. The topological polar surface area (TPSA) is 64.1 Å². The Labute approximate surface area is 188 Å². The fraction of sp³-hybridized carbons (Fsp3) is 0.650. The van der Waals surface area contributed by atoms with E-state index in [0.29, 0.717) is 30.8 Å². The number of guanidine groups is 1. The summed E-state index contributed by atoms with van der Waals surface area (Å²) >= 11 is 0. The maximum Gasteiger partial charge on any atom is 0.272 e. The Morgan fingerprint density at radius 3 is 2.79 bits per heavy atom. The highest BCUT2D eigenvalue weighted by molar-refractivity contribution is 14.0. The largest absolute Gasteiger partial charge is 0.488 e. The lowest BCUT2D eigenvalue weighted by atomic mass is 10.0. The molecule has 1 aliphatic heterocycles. The summed E-state index contributed by atoms with van der Waals surface area (Å²) in [5.41, 5.74) is 0.925. The molecule has 2 N–H and O–H groups in total. The van der Waals surface area contributed by atoms with Gasteiger partial charge in [-0.2, -0.15) is 0 Å². The van der Waals surface area contributed by atoms with E-state index in [1.165, 1.54) is 0 Å². The Kier molecular flexibility index (Phi) is 13.9. The lowest BCUT2D eigenvalue weighted by molar-refractivity contribution is 0.0203. The molecule has 1 heterocycles. The number of nitrogens with zero attached hydrogens (tertiary/aromatic N) is 1. The van der Waals surface area contributed by atoms with Crippen molar-refractivity contribution in [3.05, 3.63) is 29.8 Å². The quantitative estimate of drug-likeness (QED) is 0.200. The Balaban J connectivity index is 0.00000420. The fourth-order valence-electron chi connectivity index (χ4n) is 2.85. The van der Waals surface area contributed by atoms with Crippen molar-refractivity contribution < 1.29 is 23.0 Å². The van der Waals surface area contributed by atoms with Gasteiger partial charge in [-0.15, -0.1) is 24.0 Å². The molecule has 0 atom stereocenters. The van der Waals surface area contributed by atoms with Crippen molar-refractivity contribution in [2.75, 3.05) is 46.6 Å². The van der Waals surface area contributed by atoms with E-state index in [0.717, 1.165) is 51.2 Å². The second kappa shape index (κ2) is 15.6. The van der Waals surface area contributed by atoms with Crippen molar-refractivity contribution in [2.45, 2.75) is 32.2 Å². The van der Waals surface area contributed by atoms with Gasteiger partial charge < -0.3 is 24.8 Å². The van der Waals surface area contributed by atoms with Gasteiger partial charge in [0.2, 0.25) is 0 Å². The lowest BCUT2D eigenvalue weighted by Crippen LogP contribution is -2.37. The van der Waals surface area contributed by atoms with Crippen molar-refractivity contribution in [3.63, 3.8) is 0 Å². The molecule has 1 fully saturated rings. The van der Waals surface area contributed by atoms with Crippen molar-refractivity contribution in [1.82, 2.24) is 10.6 Å². The minimum absolute atomic E-state index is 0. The molecule has 29 heavy (non-hydrogen) atoms. The predicted molar refractivity (Wildman–Crippen MR) is 121 cm³/mol. The molecule has 0 unspecified atom stereocenters. The highest BCUT2D eigenvalue weighted by atomic mass is 127. The third-order valence-electron chi connectivity index (χ3n) is 4.41. The smallest absolute Gasteiger partial charge is 0.272 e. The van der Waals surface area contributed by atoms with Gasteiger partial charge in [-0.3, -0.25) is 4.99 Å². The summed E-state index contributed by atoms with van der Waals surface area (Å²) in [5, 5.41) is 6.44. The van der Waals surface area contributed by atoms with Crippen molar-refractivity contribution >= 4 is 29.9 Å². The molecule has 166 valence electrons. The molecule has 6 nitrogen and oxygen atoms in total. The molecular formula is C20H32F2IN3O3. The van der Waals surface area contributed by atoms with Crippen molar-refractivity contribution in [3.8, 4) is 5.75 Å². The molecular weight excluding hydrogens is 495 g/mol. The SMILES string of the molecule is CN=C(NCCCOCC1CCOCC1)NCc1cccc(OCC(F)F)c1.I. The van der Waals surface area contributed by atoms with Crippen LogP contribution in [0.1, 0.15) is 24.8 Å². The summed E-state index contributed by atoms with van der Waals surface area (Å²) in [6.07, 6.45) is 0.582. The third kappa shape index (κ3) is 11.5. The second-order valence-electron chi connectivity index (χ2n) is 6.69. The Hall–Kier alpha value is -1.20. The first-order valence-corrected chi connectivity index (χ1v) is 9.77. The minimum atomic E-state index is -2.48. The Morgan fingerprint density at radius 2 is 2.07 bits per heavy atom. The number of rotatable bonds is 11. The van der Waals surface area contributed by atoms with Gasteiger partial charge in [0.05, 0.1) is 0 Å². The number of hydrogen-bond acceptors (Lipinski definition) is 4. The van der Waals surface area contributed by atoms with E-state index in [2.05, 4.69) is 15.6 Å². The molecule has 1 aliphatic rings. The summed E-state index contributed by atoms with van der Waals surface area (Å²) in [7, 11) is 1.71. The molecule has 0 radical (unpaired) electrons. The zero-order valence-electron chi connectivity index (χ0n) is 16.9. The van der Waals surface area contributed by atoms with Crippen molar-refractivity contribution in [1.29, 1.82) is 0 Å². The summed E-state index contributed by atoms with van der Waals surface area (Å²) in [6.45, 7) is 3.89. The standard InChI is InChI=1S/C20H31F2N3O3.HI/c1-23-20(24-8-3-9-27-14-16-6-10-26-11-7-16)25-13-17-4-2-5-18(12-17)28-15-19(21)22;/h2,4-5,12,16,19H,3,6-11,13-15H2,1H3,(H2,23,24,25);1H. The lowest BCUT2D eigenvalue weighted by Gasteiger charge is -2.21. The van der Waals surface area contributed by atoms with Gasteiger partial charge in [0.1, 0.15) is 12.4 Å². The molecule has 0 bridgehead atoms. The van der Waals surface area contributed by atoms with Crippen LogP contribution in [0.4, 0.5) is 8.78 Å². The first kappa shape index (κ1) is 25.8. The molecule has 9 heteroatoms. The third-order valence-corrected chi connectivity index (χ3v) is 4.41. The molecule has 2 rings (SSSR count). The van der Waals surface area contributed by atoms with E-state index in [1.54, 1.807) is 25.2 Å². The summed E-state index contributed by atoms with van der Waals surface area (Å²) < 4.78 is 40.6. The zero-order valence-corrected chi connectivity index (χ0v) is 19.2. The Morgan fingerprint density at radius 1 is 1.28 bits per heavy atom. The van der Waals surface area contributed by atoms with E-state index in [1.807, 2.05) is 6.07 Å². The highest BCUT2D eigenvalue weighted by Gasteiger charge is 2.13. The normalized spacial score (nSPS) is 15.1. The molecule has 0 amide bonds. The van der Waals surface area contributed by atoms with E-state index >= 15 is 0 Å². The zero-order chi connectivity index (χ0) is 20.0. The predicted octanol–water partition coefficient (Wildman–Crippen LogP) is 3.45. The first-order valence-electron chi connectivity index (χ1n) is 9.77. The van der Waals surface area contributed by atoms with Gasteiger partial charge in [0.15, 0.2) is 5.96 Å². The molecule has 0 aromatic heterocycles.